The van der Waals surface area contributed by atoms with E-state index in [2.05, 4.69) is 16.6 Å². The van der Waals surface area contributed by atoms with Gasteiger partial charge in [-0.3, -0.25) is 9.59 Å². The molecule has 1 aliphatic heterocycles. The van der Waals surface area contributed by atoms with Crippen molar-refractivity contribution < 1.29 is 23.9 Å². The Kier molecular flexibility index (Phi) is 8.64. The molecule has 0 saturated carbocycles. The summed E-state index contributed by atoms with van der Waals surface area (Å²) in [7, 11) is 1.58. The highest BCUT2D eigenvalue weighted by Crippen LogP contribution is 2.28. The van der Waals surface area contributed by atoms with E-state index in [1.165, 1.54) is 0 Å². The molecule has 4 rings (SSSR count). The van der Waals surface area contributed by atoms with Crippen LogP contribution in [0.5, 0.6) is 5.75 Å². The number of carbonyl (C=O) groups excluding carboxylic acids is 3. The topological polar surface area (TPSA) is 97.0 Å². The first-order valence-electron chi connectivity index (χ1n) is 11.9. The van der Waals surface area contributed by atoms with Crippen LogP contribution in [0, 0.1) is 12.3 Å². The molecule has 4 amide bonds. The number of amides is 4. The Morgan fingerprint density at radius 2 is 1.84 bits per heavy atom. The highest BCUT2D eigenvalue weighted by molar-refractivity contribution is 6.34. The van der Waals surface area contributed by atoms with Gasteiger partial charge in [0.1, 0.15) is 24.4 Å². The van der Waals surface area contributed by atoms with Gasteiger partial charge in [0.15, 0.2) is 0 Å². The second-order valence-corrected chi connectivity index (χ2v) is 8.94. The van der Waals surface area contributed by atoms with Crippen molar-refractivity contribution in [2.24, 2.45) is 0 Å². The van der Waals surface area contributed by atoms with Crippen LogP contribution in [0.3, 0.4) is 0 Å². The maximum absolute atomic E-state index is 13.5. The van der Waals surface area contributed by atoms with E-state index in [0.29, 0.717) is 35.8 Å². The largest absolute Gasteiger partial charge is 0.491 e. The normalized spacial score (nSPS) is 15.5. The van der Waals surface area contributed by atoms with E-state index in [-0.39, 0.29) is 11.4 Å². The predicted molar refractivity (Wildman–Crippen MR) is 144 cm³/mol. The van der Waals surface area contributed by atoms with Crippen LogP contribution in [0.25, 0.3) is 0 Å². The minimum atomic E-state index is -1.13. The van der Waals surface area contributed by atoms with Crippen LogP contribution < -0.4 is 15.4 Å². The van der Waals surface area contributed by atoms with Crippen molar-refractivity contribution in [3.8, 4) is 18.1 Å². The first-order chi connectivity index (χ1) is 18.4. The van der Waals surface area contributed by atoms with Crippen molar-refractivity contribution in [3.63, 3.8) is 0 Å². The van der Waals surface area contributed by atoms with Crippen LogP contribution in [-0.2, 0) is 20.7 Å². The number of halogens is 1. The molecule has 9 heteroatoms. The second-order valence-electron chi connectivity index (χ2n) is 8.53. The number of terminal acetylenes is 1. The number of imide groups is 1. The number of nitrogens with zero attached hydrogens (tertiary/aromatic N) is 1. The molecule has 194 valence electrons. The first-order valence-corrected chi connectivity index (χ1v) is 12.2. The summed E-state index contributed by atoms with van der Waals surface area (Å²) in [5.41, 5.74) is 2.22. The van der Waals surface area contributed by atoms with Crippen molar-refractivity contribution >= 4 is 35.1 Å². The number of methoxy groups -OCH3 is 1. The molecular formula is C29H26ClN3O5. The predicted octanol–water partition coefficient (Wildman–Crippen LogP) is 4.19. The summed E-state index contributed by atoms with van der Waals surface area (Å²) in [5.74, 6) is 1.99. The zero-order valence-corrected chi connectivity index (χ0v) is 21.4. The fraction of sp³-hybridized carbons (Fsp3) is 0.207. The number of nitrogens with one attached hydrogen (secondary N) is 2. The lowest BCUT2D eigenvalue weighted by atomic mass is 10.0. The lowest BCUT2D eigenvalue weighted by Gasteiger charge is -2.25. The fourth-order valence-corrected chi connectivity index (χ4v) is 4.30. The van der Waals surface area contributed by atoms with Crippen LogP contribution in [0.4, 0.5) is 10.5 Å². The number of ether oxygens (including phenoxy) is 2. The van der Waals surface area contributed by atoms with Gasteiger partial charge in [-0.2, -0.15) is 0 Å². The minimum absolute atomic E-state index is 0.116. The van der Waals surface area contributed by atoms with Crippen molar-refractivity contribution in [2.45, 2.75) is 18.5 Å². The number of benzene rings is 3. The van der Waals surface area contributed by atoms with Crippen LogP contribution >= 0.6 is 11.6 Å². The molecule has 1 saturated heterocycles. The van der Waals surface area contributed by atoms with Crippen LogP contribution in [0.1, 0.15) is 22.7 Å². The zero-order valence-electron chi connectivity index (χ0n) is 20.6. The summed E-state index contributed by atoms with van der Waals surface area (Å²) in [5, 5.41) is 5.69. The van der Waals surface area contributed by atoms with Crippen molar-refractivity contribution in [1.29, 1.82) is 0 Å². The summed E-state index contributed by atoms with van der Waals surface area (Å²) in [6, 6.07) is 18.0. The highest BCUT2D eigenvalue weighted by Gasteiger charge is 2.45. The molecule has 0 aliphatic carbocycles. The molecule has 1 aliphatic rings. The molecule has 3 aromatic rings. The third-order valence-electron chi connectivity index (χ3n) is 6.02. The summed E-state index contributed by atoms with van der Waals surface area (Å²) in [6.45, 7) is 0.826. The monoisotopic (exact) mass is 531 g/mol. The molecule has 0 spiro atoms. The molecule has 3 aromatic carbocycles. The van der Waals surface area contributed by atoms with Gasteiger partial charge >= 0.3 is 6.03 Å². The van der Waals surface area contributed by atoms with Gasteiger partial charge in [0.25, 0.3) is 5.91 Å². The number of rotatable bonds is 10. The molecule has 1 heterocycles. The fourth-order valence-electron chi connectivity index (χ4n) is 4.08. The van der Waals surface area contributed by atoms with Gasteiger partial charge in [-0.25, -0.2) is 9.69 Å². The van der Waals surface area contributed by atoms with E-state index in [1.807, 2.05) is 30.3 Å². The Labute approximate surface area is 225 Å². The van der Waals surface area contributed by atoms with Crippen molar-refractivity contribution in [2.75, 3.05) is 25.6 Å². The second kappa shape index (κ2) is 12.3. The molecule has 0 bridgehead atoms. The Balaban J connectivity index is 1.57. The Morgan fingerprint density at radius 3 is 2.50 bits per heavy atom. The molecular weight excluding hydrogens is 506 g/mol. The minimum Gasteiger partial charge on any atom is -0.491 e. The Bertz CT molecular complexity index is 1350. The molecule has 1 fully saturated rings. The standard InChI is InChI=1S/C29H26ClN3O5/c1-3-19-9-14-24(23(30)17-19)31-27(34)25(18-20-7-5-4-6-8-20)33-28(35)26(32-29(33)36)21-10-12-22(13-11-21)38-16-15-37-2/h1,4-14,17,25-26H,15-16,18H2,2H3,(H,31,34)(H,32,36)/t25?,26-/m1/s1. The molecule has 2 atom stereocenters. The summed E-state index contributed by atoms with van der Waals surface area (Å²) >= 11 is 6.30. The van der Waals surface area contributed by atoms with E-state index in [4.69, 9.17) is 27.5 Å². The third kappa shape index (κ3) is 6.14. The van der Waals surface area contributed by atoms with E-state index < -0.39 is 29.9 Å². The van der Waals surface area contributed by atoms with E-state index in [0.717, 1.165) is 10.5 Å². The van der Waals surface area contributed by atoms with Gasteiger partial charge in [-0.15, -0.1) is 6.42 Å². The average Bonchev–Trinajstić information content (AvgIpc) is 3.22. The quantitative estimate of drug-likeness (QED) is 0.232. The maximum Gasteiger partial charge on any atom is 0.325 e. The molecule has 1 unspecified atom stereocenters. The van der Waals surface area contributed by atoms with Crippen LogP contribution in [-0.4, -0.2) is 49.1 Å². The van der Waals surface area contributed by atoms with E-state index in [9.17, 15) is 14.4 Å². The molecule has 8 nitrogen and oxygen atoms in total. The molecule has 38 heavy (non-hydrogen) atoms. The Morgan fingerprint density at radius 1 is 1.11 bits per heavy atom. The summed E-state index contributed by atoms with van der Waals surface area (Å²) in [4.78, 5) is 41.1. The maximum atomic E-state index is 13.5. The van der Waals surface area contributed by atoms with Gasteiger partial charge in [0.05, 0.1) is 17.3 Å². The molecule has 0 aromatic heterocycles. The Hall–Kier alpha value is -4.32. The smallest absolute Gasteiger partial charge is 0.325 e. The number of carbonyl (C=O) groups is 3. The van der Waals surface area contributed by atoms with Gasteiger partial charge in [0, 0.05) is 19.1 Å². The zero-order chi connectivity index (χ0) is 27.1. The highest BCUT2D eigenvalue weighted by atomic mass is 35.5. The lowest BCUT2D eigenvalue weighted by molar-refractivity contribution is -0.134. The van der Waals surface area contributed by atoms with Gasteiger partial charge in [0.2, 0.25) is 5.91 Å². The third-order valence-corrected chi connectivity index (χ3v) is 6.33. The molecule has 2 N–H and O–H groups in total. The average molecular weight is 532 g/mol. The SMILES string of the molecule is C#Cc1ccc(NC(=O)C(Cc2ccccc2)N2C(=O)N[C@H](c3ccc(OCCOC)cc3)C2=O)c(Cl)c1. The summed E-state index contributed by atoms with van der Waals surface area (Å²) < 4.78 is 10.5. The lowest BCUT2D eigenvalue weighted by Crippen LogP contribution is -2.49. The van der Waals surface area contributed by atoms with Crippen molar-refractivity contribution in [1.82, 2.24) is 10.2 Å². The number of hydrogen-bond donors (Lipinski definition) is 2. The van der Waals surface area contributed by atoms with Gasteiger partial charge in [-0.1, -0.05) is 60.0 Å². The van der Waals surface area contributed by atoms with E-state index in [1.54, 1.807) is 49.6 Å². The molecule has 0 radical (unpaired) electrons. The number of anilines is 1. The van der Waals surface area contributed by atoms with Crippen molar-refractivity contribution in [3.05, 3.63) is 94.5 Å². The van der Waals surface area contributed by atoms with Gasteiger partial charge in [-0.05, 0) is 41.5 Å². The summed E-state index contributed by atoms with van der Waals surface area (Å²) in [6.07, 6.45) is 5.53. The number of hydrogen-bond acceptors (Lipinski definition) is 5. The first kappa shape index (κ1) is 26.7. The van der Waals surface area contributed by atoms with E-state index >= 15 is 0 Å². The van der Waals surface area contributed by atoms with Crippen LogP contribution in [0.15, 0.2) is 72.8 Å². The van der Waals surface area contributed by atoms with Gasteiger partial charge < -0.3 is 20.1 Å². The van der Waals surface area contributed by atoms with Crippen LogP contribution in [0.2, 0.25) is 5.02 Å². The number of urea groups is 1.